The summed E-state index contributed by atoms with van der Waals surface area (Å²) in [6.45, 7) is 4.39. The van der Waals surface area contributed by atoms with Crippen LogP contribution in [0, 0.1) is 0 Å². The molecule has 1 aromatic heterocycles. The topological polar surface area (TPSA) is 78.1 Å². The summed E-state index contributed by atoms with van der Waals surface area (Å²) in [5, 5.41) is 10.5. The number of phenolic OH excluding ortho intramolecular Hbond substituents is 1. The van der Waals surface area contributed by atoms with E-state index < -0.39 is 5.60 Å². The highest BCUT2D eigenvalue weighted by atomic mass is 16.6. The Hall–Kier alpha value is -3.25. The lowest BCUT2D eigenvalue weighted by Gasteiger charge is -2.39. The maximum Gasteiger partial charge on any atom is 0.336 e. The van der Waals surface area contributed by atoms with Gasteiger partial charge < -0.3 is 23.7 Å². The first-order valence-electron chi connectivity index (χ1n) is 9.77. The van der Waals surface area contributed by atoms with Crippen molar-refractivity contribution in [2.24, 2.45) is 0 Å². The van der Waals surface area contributed by atoms with Crippen molar-refractivity contribution in [2.75, 3.05) is 13.7 Å². The Bertz CT molecular complexity index is 1160. The van der Waals surface area contributed by atoms with Crippen LogP contribution in [-0.4, -0.2) is 30.5 Å². The molecule has 0 bridgehead atoms. The van der Waals surface area contributed by atoms with Gasteiger partial charge in [-0.15, -0.1) is 0 Å². The Morgan fingerprint density at radius 1 is 1.20 bits per heavy atom. The van der Waals surface area contributed by atoms with Gasteiger partial charge in [-0.2, -0.15) is 0 Å². The number of benzene rings is 2. The molecule has 1 N–H and O–H groups in total. The Morgan fingerprint density at radius 2 is 2.03 bits per heavy atom. The molecule has 0 saturated carbocycles. The zero-order valence-electron chi connectivity index (χ0n) is 17.2. The largest absolute Gasteiger partial charge is 0.504 e. The normalized spacial score (nSPS) is 17.6. The summed E-state index contributed by atoms with van der Waals surface area (Å²) in [6, 6.07) is 12.1. The molecule has 1 aliphatic rings. The summed E-state index contributed by atoms with van der Waals surface area (Å²) in [4.78, 5) is 11.5. The van der Waals surface area contributed by atoms with E-state index >= 15 is 0 Å². The molecular weight excluding hydrogens is 384 g/mol. The van der Waals surface area contributed by atoms with Crippen LogP contribution in [0.5, 0.6) is 17.2 Å². The Kier molecular flexibility index (Phi) is 5.26. The molecule has 0 amide bonds. The smallest absolute Gasteiger partial charge is 0.336 e. The minimum absolute atomic E-state index is 0.109. The van der Waals surface area contributed by atoms with E-state index in [2.05, 4.69) is 0 Å². The summed E-state index contributed by atoms with van der Waals surface area (Å²) < 4.78 is 22.7. The molecule has 0 aliphatic carbocycles. The van der Waals surface area contributed by atoms with E-state index in [4.69, 9.17) is 18.6 Å². The van der Waals surface area contributed by atoms with Gasteiger partial charge in [-0.25, -0.2) is 4.79 Å². The molecule has 1 atom stereocenters. The van der Waals surface area contributed by atoms with Gasteiger partial charge in [0, 0.05) is 23.9 Å². The monoisotopic (exact) mass is 408 g/mol. The van der Waals surface area contributed by atoms with Crippen LogP contribution in [0.3, 0.4) is 0 Å². The molecule has 0 unspecified atom stereocenters. The zero-order chi connectivity index (χ0) is 21.3. The molecule has 30 heavy (non-hydrogen) atoms. The molecule has 0 fully saturated rings. The van der Waals surface area contributed by atoms with Crippen molar-refractivity contribution in [3.63, 3.8) is 0 Å². The molecule has 1 aliphatic heterocycles. The Labute approximate surface area is 174 Å². The van der Waals surface area contributed by atoms with Crippen molar-refractivity contribution in [1.29, 1.82) is 0 Å². The fourth-order valence-corrected chi connectivity index (χ4v) is 3.61. The molecule has 156 valence electrons. The SMILES string of the molecule is COc1cc(/C=C/CO[C@H]2Cc3cc4ccc(=O)oc4cc3OC2(C)C)ccc1O. The van der Waals surface area contributed by atoms with Gasteiger partial charge in [-0.05, 0) is 49.2 Å². The minimum atomic E-state index is -0.536. The molecule has 0 saturated heterocycles. The van der Waals surface area contributed by atoms with Crippen LogP contribution in [-0.2, 0) is 11.2 Å². The van der Waals surface area contributed by atoms with E-state index in [1.165, 1.54) is 13.2 Å². The first-order valence-corrected chi connectivity index (χ1v) is 9.77. The molecule has 0 radical (unpaired) electrons. The highest BCUT2D eigenvalue weighted by molar-refractivity contribution is 5.79. The van der Waals surface area contributed by atoms with Gasteiger partial charge in [0.15, 0.2) is 11.5 Å². The van der Waals surface area contributed by atoms with Crippen LogP contribution in [0.2, 0.25) is 0 Å². The van der Waals surface area contributed by atoms with Crippen molar-refractivity contribution in [2.45, 2.75) is 32.0 Å². The van der Waals surface area contributed by atoms with Crippen molar-refractivity contribution in [3.05, 3.63) is 70.1 Å². The summed E-state index contributed by atoms with van der Waals surface area (Å²) >= 11 is 0. The predicted molar refractivity (Wildman–Crippen MR) is 114 cm³/mol. The third-order valence-corrected chi connectivity index (χ3v) is 5.26. The van der Waals surface area contributed by atoms with Crippen molar-refractivity contribution in [1.82, 2.24) is 0 Å². The molecule has 4 rings (SSSR count). The number of aromatic hydroxyl groups is 1. The fourth-order valence-electron chi connectivity index (χ4n) is 3.61. The summed E-state index contributed by atoms with van der Waals surface area (Å²) in [5.74, 6) is 1.26. The Balaban J connectivity index is 1.47. The van der Waals surface area contributed by atoms with Gasteiger partial charge in [-0.3, -0.25) is 0 Å². The van der Waals surface area contributed by atoms with Crippen LogP contribution < -0.4 is 15.1 Å². The highest BCUT2D eigenvalue weighted by Crippen LogP contribution is 2.37. The van der Waals surface area contributed by atoms with Crippen molar-refractivity contribution in [3.8, 4) is 17.2 Å². The second-order valence-corrected chi connectivity index (χ2v) is 7.82. The van der Waals surface area contributed by atoms with Crippen LogP contribution in [0.1, 0.15) is 25.0 Å². The van der Waals surface area contributed by atoms with Crippen LogP contribution >= 0.6 is 0 Å². The van der Waals surface area contributed by atoms with E-state index in [9.17, 15) is 9.90 Å². The fraction of sp³-hybridized carbons (Fsp3) is 0.292. The second-order valence-electron chi connectivity index (χ2n) is 7.82. The lowest BCUT2D eigenvalue weighted by atomic mass is 9.90. The number of fused-ring (bicyclic) bond motifs is 2. The van der Waals surface area contributed by atoms with E-state index in [0.29, 0.717) is 30.1 Å². The first kappa shape index (κ1) is 20.0. The number of phenols is 1. The van der Waals surface area contributed by atoms with Gasteiger partial charge in [0.2, 0.25) is 0 Å². The summed E-state index contributed by atoms with van der Waals surface area (Å²) in [5.41, 5.74) is 1.53. The number of methoxy groups -OCH3 is 1. The standard InChI is InChI=1S/C24H24O6/c1-24(2)22(28-10-4-5-15-6-8-18(25)21(11-15)27-3)13-17-12-16-7-9-23(26)29-19(16)14-20(17)30-24/h4-9,11-12,14,22,25H,10,13H2,1-3H3/b5-4+/t22-/m0/s1. The molecule has 3 aromatic rings. The molecule has 0 spiro atoms. The zero-order valence-corrected chi connectivity index (χ0v) is 17.2. The average Bonchev–Trinajstić information content (AvgIpc) is 2.70. The Morgan fingerprint density at radius 3 is 2.83 bits per heavy atom. The average molecular weight is 408 g/mol. The lowest BCUT2D eigenvalue weighted by molar-refractivity contribution is -0.0753. The van der Waals surface area contributed by atoms with Crippen LogP contribution in [0.15, 0.2) is 57.8 Å². The summed E-state index contributed by atoms with van der Waals surface area (Å²) in [6.07, 6.45) is 4.39. The predicted octanol–water partition coefficient (Wildman–Crippen LogP) is 4.32. The number of rotatable bonds is 5. The van der Waals surface area contributed by atoms with Gasteiger partial charge in [0.05, 0.1) is 13.7 Å². The van der Waals surface area contributed by atoms with E-state index in [1.807, 2.05) is 38.1 Å². The molecule has 2 aromatic carbocycles. The van der Waals surface area contributed by atoms with Gasteiger partial charge in [-0.1, -0.05) is 18.2 Å². The summed E-state index contributed by atoms with van der Waals surface area (Å²) in [7, 11) is 1.52. The molecule has 6 heteroatoms. The van der Waals surface area contributed by atoms with E-state index in [0.717, 1.165) is 16.5 Å². The van der Waals surface area contributed by atoms with Gasteiger partial charge in [0.1, 0.15) is 23.0 Å². The lowest BCUT2D eigenvalue weighted by Crippen LogP contribution is -2.48. The van der Waals surface area contributed by atoms with Crippen molar-refractivity contribution >= 4 is 17.0 Å². The number of hydrogen-bond donors (Lipinski definition) is 1. The van der Waals surface area contributed by atoms with E-state index in [-0.39, 0.29) is 17.5 Å². The third-order valence-electron chi connectivity index (χ3n) is 5.26. The molecule has 2 heterocycles. The van der Waals surface area contributed by atoms with Crippen LogP contribution in [0.25, 0.3) is 17.0 Å². The molecular formula is C24H24O6. The number of ether oxygens (including phenoxy) is 3. The number of hydrogen-bond acceptors (Lipinski definition) is 6. The molecule has 6 nitrogen and oxygen atoms in total. The van der Waals surface area contributed by atoms with Crippen LogP contribution in [0.4, 0.5) is 0 Å². The van der Waals surface area contributed by atoms with Gasteiger partial charge >= 0.3 is 5.63 Å². The quantitative estimate of drug-likeness (QED) is 0.634. The minimum Gasteiger partial charge on any atom is -0.504 e. The van der Waals surface area contributed by atoms with Gasteiger partial charge in [0.25, 0.3) is 0 Å². The maximum atomic E-state index is 11.5. The van der Waals surface area contributed by atoms with Crippen molar-refractivity contribution < 1.29 is 23.7 Å². The first-order chi connectivity index (χ1) is 14.4. The second kappa shape index (κ2) is 7.88. The maximum absolute atomic E-state index is 11.5. The highest BCUT2D eigenvalue weighted by Gasteiger charge is 2.38. The third kappa shape index (κ3) is 4.04. The van der Waals surface area contributed by atoms with E-state index in [1.54, 1.807) is 24.3 Å².